The Hall–Kier alpha value is -2.15. The van der Waals surface area contributed by atoms with E-state index in [1.165, 1.54) is 6.07 Å². The molecule has 0 N–H and O–H groups in total. The SMILES string of the molecule is CC.CC=N/C(=C\C)CN1CCCc2c(F)cc(C#N)cc21. The van der Waals surface area contributed by atoms with Gasteiger partial charge in [0.2, 0.25) is 0 Å². The zero-order chi connectivity index (χ0) is 16.5. The Morgan fingerprint density at radius 3 is 2.73 bits per heavy atom. The van der Waals surface area contributed by atoms with E-state index in [9.17, 15) is 4.39 Å². The number of hydrogen-bond acceptors (Lipinski definition) is 3. The van der Waals surface area contributed by atoms with Gasteiger partial charge in [-0.25, -0.2) is 4.39 Å². The average Bonchev–Trinajstić information content (AvgIpc) is 2.56. The molecule has 0 bridgehead atoms. The molecular weight excluding hydrogens is 277 g/mol. The van der Waals surface area contributed by atoms with Crippen LogP contribution in [0.3, 0.4) is 0 Å². The number of allylic oxidation sites excluding steroid dienone is 1. The van der Waals surface area contributed by atoms with Crippen LogP contribution in [0.5, 0.6) is 0 Å². The molecule has 0 aromatic heterocycles. The van der Waals surface area contributed by atoms with Gasteiger partial charge >= 0.3 is 0 Å². The van der Waals surface area contributed by atoms with Crippen LogP contribution in [-0.2, 0) is 6.42 Å². The first-order valence-electron chi connectivity index (χ1n) is 7.81. The van der Waals surface area contributed by atoms with Crippen LogP contribution < -0.4 is 4.90 Å². The summed E-state index contributed by atoms with van der Waals surface area (Å²) >= 11 is 0. The summed E-state index contributed by atoms with van der Waals surface area (Å²) in [6.07, 6.45) is 5.36. The number of benzene rings is 1. The number of nitriles is 1. The summed E-state index contributed by atoms with van der Waals surface area (Å²) in [4.78, 5) is 6.41. The molecule has 3 nitrogen and oxygen atoms in total. The fourth-order valence-corrected chi connectivity index (χ4v) is 2.52. The average molecular weight is 301 g/mol. The first kappa shape index (κ1) is 17.9. The van der Waals surface area contributed by atoms with Gasteiger partial charge in [-0.15, -0.1) is 0 Å². The Morgan fingerprint density at radius 2 is 2.14 bits per heavy atom. The van der Waals surface area contributed by atoms with E-state index in [1.807, 2.05) is 39.8 Å². The third kappa shape index (κ3) is 4.17. The molecule has 2 rings (SSSR count). The van der Waals surface area contributed by atoms with Crippen LogP contribution in [0.2, 0.25) is 0 Å². The van der Waals surface area contributed by atoms with E-state index in [2.05, 4.69) is 9.89 Å². The summed E-state index contributed by atoms with van der Waals surface area (Å²) in [7, 11) is 0. The minimum absolute atomic E-state index is 0.273. The van der Waals surface area contributed by atoms with Crippen LogP contribution in [0.25, 0.3) is 0 Å². The van der Waals surface area contributed by atoms with Crippen molar-refractivity contribution in [3.63, 3.8) is 0 Å². The van der Waals surface area contributed by atoms with E-state index in [4.69, 9.17) is 5.26 Å². The lowest BCUT2D eigenvalue weighted by atomic mass is 9.99. The zero-order valence-electron chi connectivity index (χ0n) is 13.9. The number of aliphatic imine (C=N–C) groups is 1. The second kappa shape index (κ2) is 8.99. The summed E-state index contributed by atoms with van der Waals surface area (Å²) in [5.41, 5.74) is 2.86. The lowest BCUT2D eigenvalue weighted by Gasteiger charge is -2.31. The summed E-state index contributed by atoms with van der Waals surface area (Å²) in [6.45, 7) is 9.32. The molecule has 0 fully saturated rings. The molecule has 4 heteroatoms. The second-order valence-corrected chi connectivity index (χ2v) is 4.76. The van der Waals surface area contributed by atoms with Crippen LogP contribution in [0.4, 0.5) is 10.1 Å². The molecular formula is C18H24FN3. The van der Waals surface area contributed by atoms with Gasteiger partial charge in [-0.3, -0.25) is 4.99 Å². The van der Waals surface area contributed by atoms with Crippen molar-refractivity contribution in [2.75, 3.05) is 18.0 Å². The van der Waals surface area contributed by atoms with Gasteiger partial charge in [0.05, 0.1) is 23.9 Å². The molecule has 0 aliphatic carbocycles. The van der Waals surface area contributed by atoms with Gasteiger partial charge in [-0.2, -0.15) is 5.26 Å². The van der Waals surface area contributed by atoms with Gasteiger partial charge in [0.25, 0.3) is 0 Å². The highest BCUT2D eigenvalue weighted by Gasteiger charge is 2.21. The number of nitrogens with zero attached hydrogens (tertiary/aromatic N) is 3. The molecule has 0 unspecified atom stereocenters. The van der Waals surface area contributed by atoms with E-state index >= 15 is 0 Å². The van der Waals surface area contributed by atoms with Crippen molar-refractivity contribution in [2.45, 2.75) is 40.5 Å². The molecule has 118 valence electrons. The predicted molar refractivity (Wildman–Crippen MR) is 90.9 cm³/mol. The molecule has 0 saturated carbocycles. The maximum atomic E-state index is 14.0. The van der Waals surface area contributed by atoms with E-state index in [0.717, 1.165) is 30.8 Å². The molecule has 1 aromatic rings. The molecule has 0 spiro atoms. The third-order valence-electron chi connectivity index (χ3n) is 3.48. The van der Waals surface area contributed by atoms with Crippen LogP contribution in [0.1, 0.15) is 45.2 Å². The monoisotopic (exact) mass is 301 g/mol. The van der Waals surface area contributed by atoms with Crippen LogP contribution in [0, 0.1) is 17.1 Å². The highest BCUT2D eigenvalue weighted by atomic mass is 19.1. The Bertz CT molecular complexity index is 597. The number of fused-ring (bicyclic) bond motifs is 1. The molecule has 1 heterocycles. The third-order valence-corrected chi connectivity index (χ3v) is 3.48. The number of hydrogen-bond donors (Lipinski definition) is 0. The van der Waals surface area contributed by atoms with E-state index in [1.54, 1.807) is 12.3 Å². The first-order chi connectivity index (χ1) is 10.7. The molecule has 1 aliphatic rings. The summed E-state index contributed by atoms with van der Waals surface area (Å²) < 4.78 is 14.0. The Balaban J connectivity index is 0.00000116. The van der Waals surface area contributed by atoms with E-state index in [-0.39, 0.29) is 5.82 Å². The van der Waals surface area contributed by atoms with Gasteiger partial charge in [-0.05, 0) is 38.8 Å². The summed E-state index contributed by atoms with van der Waals surface area (Å²) in [5.74, 6) is -0.273. The smallest absolute Gasteiger partial charge is 0.129 e. The normalized spacial score (nSPS) is 14.2. The molecule has 0 amide bonds. The van der Waals surface area contributed by atoms with Crippen LogP contribution >= 0.6 is 0 Å². The van der Waals surface area contributed by atoms with Gasteiger partial charge in [0.15, 0.2) is 0 Å². The van der Waals surface area contributed by atoms with Crippen molar-refractivity contribution < 1.29 is 4.39 Å². The number of rotatable bonds is 3. The lowest BCUT2D eigenvalue weighted by molar-refractivity contribution is 0.590. The molecule has 1 aromatic carbocycles. The molecule has 0 saturated heterocycles. The lowest BCUT2D eigenvalue weighted by Crippen LogP contribution is -2.31. The van der Waals surface area contributed by atoms with Gasteiger partial charge in [0.1, 0.15) is 5.82 Å². The highest BCUT2D eigenvalue weighted by molar-refractivity contribution is 5.61. The summed E-state index contributed by atoms with van der Waals surface area (Å²) in [6, 6.07) is 5.12. The first-order valence-corrected chi connectivity index (χ1v) is 7.81. The van der Waals surface area contributed by atoms with Gasteiger partial charge in [-0.1, -0.05) is 19.9 Å². The molecule has 0 radical (unpaired) electrons. The van der Waals surface area contributed by atoms with E-state index < -0.39 is 0 Å². The second-order valence-electron chi connectivity index (χ2n) is 4.76. The van der Waals surface area contributed by atoms with Gasteiger partial charge in [0, 0.05) is 24.0 Å². The molecule has 0 atom stereocenters. The molecule has 22 heavy (non-hydrogen) atoms. The largest absolute Gasteiger partial charge is 0.365 e. The molecule has 1 aliphatic heterocycles. The van der Waals surface area contributed by atoms with Crippen molar-refractivity contribution in [3.8, 4) is 6.07 Å². The predicted octanol–water partition coefficient (Wildman–Crippen LogP) is 4.47. The Labute approximate surface area is 132 Å². The highest BCUT2D eigenvalue weighted by Crippen LogP contribution is 2.31. The van der Waals surface area contributed by atoms with Crippen LogP contribution in [0.15, 0.2) is 28.9 Å². The minimum Gasteiger partial charge on any atom is -0.365 e. The number of halogens is 1. The maximum Gasteiger partial charge on any atom is 0.129 e. The van der Waals surface area contributed by atoms with Crippen molar-refractivity contribution in [1.82, 2.24) is 0 Å². The zero-order valence-corrected chi connectivity index (χ0v) is 13.9. The fourth-order valence-electron chi connectivity index (χ4n) is 2.52. The number of anilines is 1. The minimum atomic E-state index is -0.273. The van der Waals surface area contributed by atoms with Crippen LogP contribution in [-0.4, -0.2) is 19.3 Å². The Kier molecular flexibility index (Phi) is 7.31. The topological polar surface area (TPSA) is 39.4 Å². The van der Waals surface area contributed by atoms with Gasteiger partial charge < -0.3 is 4.90 Å². The van der Waals surface area contributed by atoms with Crippen molar-refractivity contribution >= 4 is 11.9 Å². The van der Waals surface area contributed by atoms with Crippen molar-refractivity contribution in [1.29, 1.82) is 5.26 Å². The van der Waals surface area contributed by atoms with Crippen molar-refractivity contribution in [2.24, 2.45) is 4.99 Å². The van der Waals surface area contributed by atoms with Crippen molar-refractivity contribution in [3.05, 3.63) is 40.8 Å². The maximum absolute atomic E-state index is 14.0. The fraction of sp³-hybridized carbons (Fsp3) is 0.444. The Morgan fingerprint density at radius 1 is 1.41 bits per heavy atom. The standard InChI is InChI=1S/C16H18FN3.C2H6/c1-3-13(19-4-2)11-20-7-5-6-14-15(17)8-12(10-18)9-16(14)20;1-2/h3-4,8-9H,5-7,11H2,1-2H3;1-2H3/b13-3-,19-4?;. The quantitative estimate of drug-likeness (QED) is 0.773. The summed E-state index contributed by atoms with van der Waals surface area (Å²) in [5, 5.41) is 8.99. The van der Waals surface area contributed by atoms with E-state index in [0.29, 0.717) is 17.7 Å².